The van der Waals surface area contributed by atoms with Crippen LogP contribution < -0.4 is 15.2 Å². The largest absolute Gasteiger partial charge is 0.508 e. The molecule has 0 amide bonds. The van der Waals surface area contributed by atoms with E-state index in [0.29, 0.717) is 12.0 Å². The molecule has 1 rings (SSSR count). The first-order valence-corrected chi connectivity index (χ1v) is 10.9. The molecule has 1 aromatic carbocycles. The maximum absolute atomic E-state index is 12.0. The van der Waals surface area contributed by atoms with E-state index in [1.165, 1.54) is 25.1 Å². The number of rotatable bonds is 13. The zero-order valence-corrected chi connectivity index (χ0v) is 19.5. The number of nitrogens with two attached hydrogens (primary N) is 1. The lowest BCUT2D eigenvalue weighted by Gasteiger charge is -2.28. The van der Waals surface area contributed by atoms with Crippen LogP contribution in [0.1, 0.15) is 65.4 Å². The molecule has 0 aliphatic heterocycles. The van der Waals surface area contributed by atoms with Gasteiger partial charge < -0.3 is 29.8 Å². The summed E-state index contributed by atoms with van der Waals surface area (Å²) in [6.45, 7) is 6.90. The summed E-state index contributed by atoms with van der Waals surface area (Å²) < 4.78 is 20.5. The van der Waals surface area contributed by atoms with Gasteiger partial charge in [0.2, 0.25) is 0 Å². The highest BCUT2D eigenvalue weighted by Gasteiger charge is 2.37. The second-order valence-corrected chi connectivity index (χ2v) is 7.66. The molecule has 0 aliphatic carbocycles. The Morgan fingerprint density at radius 3 is 2.18 bits per heavy atom. The minimum Gasteiger partial charge on any atom is -0.480 e. The van der Waals surface area contributed by atoms with E-state index in [-0.39, 0.29) is 43.8 Å². The minimum absolute atomic E-state index is 0.0160. The number of hydrogen-bond donors (Lipinski definition) is 2. The van der Waals surface area contributed by atoms with Gasteiger partial charge in [0.1, 0.15) is 11.6 Å². The van der Waals surface area contributed by atoms with Gasteiger partial charge in [-0.15, -0.1) is 0 Å². The summed E-state index contributed by atoms with van der Waals surface area (Å²) in [5.74, 6) is -2.35. The van der Waals surface area contributed by atoms with Crippen molar-refractivity contribution in [2.24, 2.45) is 5.73 Å². The average molecular weight is 468 g/mol. The van der Waals surface area contributed by atoms with Crippen LogP contribution in [0.25, 0.3) is 0 Å². The first-order valence-electron chi connectivity index (χ1n) is 10.9. The lowest BCUT2D eigenvalue weighted by atomic mass is 9.86. The predicted octanol–water partition coefficient (Wildman–Crippen LogP) is 3.37. The number of aliphatic carboxylic acids is 1. The fourth-order valence-corrected chi connectivity index (χ4v) is 2.87. The summed E-state index contributed by atoms with van der Waals surface area (Å²) in [5.41, 5.74) is 4.79. The highest BCUT2D eigenvalue weighted by Crippen LogP contribution is 2.31. The Labute approximate surface area is 193 Å². The lowest BCUT2D eigenvalue weighted by molar-refractivity contribution is -0.144. The van der Waals surface area contributed by atoms with Crippen molar-refractivity contribution in [3.05, 3.63) is 23.8 Å². The number of carbonyl (C=O) groups is 4. The topological polar surface area (TPSA) is 151 Å². The van der Waals surface area contributed by atoms with Gasteiger partial charge in [0.25, 0.3) is 0 Å². The third-order valence-corrected chi connectivity index (χ3v) is 4.65. The van der Waals surface area contributed by atoms with Gasteiger partial charge in [-0.25, -0.2) is 4.79 Å². The van der Waals surface area contributed by atoms with Crippen LogP contribution in [0.5, 0.6) is 11.5 Å². The molecule has 0 fully saturated rings. The van der Waals surface area contributed by atoms with Gasteiger partial charge in [0.05, 0.1) is 6.61 Å². The SMILES string of the molecule is CCCCOC(=O)O[C@@H](C)CC(N)(Cc1ccc(OC(=O)CC)c(OC(=O)CC)c1)C(=O)O. The van der Waals surface area contributed by atoms with Crippen molar-refractivity contribution in [1.29, 1.82) is 0 Å². The van der Waals surface area contributed by atoms with E-state index in [1.807, 2.05) is 6.92 Å². The van der Waals surface area contributed by atoms with Gasteiger partial charge in [-0.05, 0) is 31.0 Å². The second kappa shape index (κ2) is 13.4. The molecule has 0 aromatic heterocycles. The molecule has 1 unspecified atom stereocenters. The van der Waals surface area contributed by atoms with Gasteiger partial charge in [0.15, 0.2) is 11.5 Å². The molecule has 0 bridgehead atoms. The van der Waals surface area contributed by atoms with E-state index in [9.17, 15) is 24.3 Å². The van der Waals surface area contributed by atoms with E-state index in [4.69, 9.17) is 24.7 Å². The van der Waals surface area contributed by atoms with Crippen LogP contribution in [0.3, 0.4) is 0 Å². The number of carboxylic acids is 1. The van der Waals surface area contributed by atoms with Crippen molar-refractivity contribution in [2.75, 3.05) is 6.61 Å². The van der Waals surface area contributed by atoms with E-state index in [0.717, 1.165) is 6.42 Å². The number of hydrogen-bond acceptors (Lipinski definition) is 9. The molecule has 2 atom stereocenters. The maximum Gasteiger partial charge on any atom is 0.508 e. The first kappa shape index (κ1) is 27.9. The fourth-order valence-electron chi connectivity index (χ4n) is 2.87. The van der Waals surface area contributed by atoms with Crippen molar-refractivity contribution in [3.63, 3.8) is 0 Å². The van der Waals surface area contributed by atoms with Gasteiger partial charge in [-0.2, -0.15) is 0 Å². The lowest BCUT2D eigenvalue weighted by Crippen LogP contribution is -2.52. The van der Waals surface area contributed by atoms with Crippen LogP contribution in [0.4, 0.5) is 4.79 Å². The smallest absolute Gasteiger partial charge is 0.480 e. The Morgan fingerprint density at radius 2 is 1.64 bits per heavy atom. The highest BCUT2D eigenvalue weighted by molar-refractivity contribution is 5.79. The van der Waals surface area contributed by atoms with E-state index < -0.39 is 35.7 Å². The summed E-state index contributed by atoms with van der Waals surface area (Å²) in [7, 11) is 0. The van der Waals surface area contributed by atoms with Crippen LogP contribution in [0.2, 0.25) is 0 Å². The van der Waals surface area contributed by atoms with Crippen LogP contribution in [0, 0.1) is 0 Å². The van der Waals surface area contributed by atoms with E-state index >= 15 is 0 Å². The highest BCUT2D eigenvalue weighted by atomic mass is 16.7. The molecule has 0 saturated carbocycles. The summed E-state index contributed by atoms with van der Waals surface area (Å²) in [5, 5.41) is 9.76. The molecule has 10 heteroatoms. The summed E-state index contributed by atoms with van der Waals surface area (Å²) in [4.78, 5) is 47.2. The molecule has 184 valence electrons. The third kappa shape index (κ3) is 9.48. The molecule has 3 N–H and O–H groups in total. The van der Waals surface area contributed by atoms with Crippen LogP contribution in [-0.4, -0.2) is 47.4 Å². The van der Waals surface area contributed by atoms with Crippen molar-refractivity contribution in [1.82, 2.24) is 0 Å². The Bertz CT molecular complexity index is 839. The first-order chi connectivity index (χ1) is 15.5. The van der Waals surface area contributed by atoms with Crippen LogP contribution in [0.15, 0.2) is 18.2 Å². The molecule has 33 heavy (non-hydrogen) atoms. The van der Waals surface area contributed by atoms with Gasteiger partial charge >= 0.3 is 24.1 Å². The summed E-state index contributed by atoms with van der Waals surface area (Å²) in [6.07, 6.45) is -0.339. The molecular formula is C23H33NO9. The summed E-state index contributed by atoms with van der Waals surface area (Å²) in [6, 6.07) is 4.34. The van der Waals surface area contributed by atoms with Crippen molar-refractivity contribution in [2.45, 2.75) is 77.9 Å². The Morgan fingerprint density at radius 1 is 1.03 bits per heavy atom. The number of esters is 2. The van der Waals surface area contributed by atoms with Crippen molar-refractivity contribution >= 4 is 24.1 Å². The van der Waals surface area contributed by atoms with Crippen LogP contribution >= 0.6 is 0 Å². The molecule has 0 radical (unpaired) electrons. The van der Waals surface area contributed by atoms with E-state index in [2.05, 4.69) is 0 Å². The van der Waals surface area contributed by atoms with E-state index in [1.54, 1.807) is 13.8 Å². The number of benzene rings is 1. The standard InChI is InChI=1S/C23H33NO9/c1-5-8-11-30-22(29)31-15(4)13-23(24,21(27)28)14-16-9-10-17(32-19(25)6-2)18(12-16)33-20(26)7-3/h9-10,12,15H,5-8,11,13-14,24H2,1-4H3,(H,27,28)/t15-,23?/m0/s1. The van der Waals surface area contributed by atoms with Crippen LogP contribution in [-0.2, 0) is 30.3 Å². The molecule has 0 spiro atoms. The monoisotopic (exact) mass is 467 g/mol. The zero-order chi connectivity index (χ0) is 25.0. The Hall–Kier alpha value is -3.14. The molecular weight excluding hydrogens is 434 g/mol. The zero-order valence-electron chi connectivity index (χ0n) is 19.5. The number of unbranched alkanes of at least 4 members (excludes halogenated alkanes) is 1. The quantitative estimate of drug-likeness (QED) is 0.251. The second-order valence-electron chi connectivity index (χ2n) is 7.66. The third-order valence-electron chi connectivity index (χ3n) is 4.65. The van der Waals surface area contributed by atoms with Gasteiger partial charge in [-0.3, -0.25) is 14.4 Å². The molecule has 0 heterocycles. The number of carbonyl (C=O) groups excluding carboxylic acids is 3. The van der Waals surface area contributed by atoms with Crippen molar-refractivity contribution in [3.8, 4) is 11.5 Å². The minimum atomic E-state index is -1.79. The number of carboxylic acid groups (broad SMARTS) is 1. The molecule has 10 nitrogen and oxygen atoms in total. The average Bonchev–Trinajstić information content (AvgIpc) is 2.75. The normalized spacial score (nSPS) is 13.4. The molecule has 1 aromatic rings. The predicted molar refractivity (Wildman–Crippen MR) is 118 cm³/mol. The molecule has 0 aliphatic rings. The maximum atomic E-state index is 12.0. The Balaban J connectivity index is 3.03. The van der Waals surface area contributed by atoms with Crippen molar-refractivity contribution < 1.29 is 43.2 Å². The fraction of sp³-hybridized carbons (Fsp3) is 0.565. The number of ether oxygens (including phenoxy) is 4. The molecule has 0 saturated heterocycles. The van der Waals surface area contributed by atoms with Gasteiger partial charge in [-0.1, -0.05) is 33.3 Å². The summed E-state index contributed by atoms with van der Waals surface area (Å²) >= 11 is 0. The Kier molecular flexibility index (Phi) is 11.3. The van der Waals surface area contributed by atoms with Gasteiger partial charge in [0, 0.05) is 25.7 Å².